The number of amides is 1. The maximum Gasteiger partial charge on any atom is 0.251 e. The van der Waals surface area contributed by atoms with E-state index in [2.05, 4.69) is 28.8 Å². The Morgan fingerprint density at radius 2 is 1.71 bits per heavy atom. The van der Waals surface area contributed by atoms with Gasteiger partial charge in [-0.2, -0.15) is 0 Å². The van der Waals surface area contributed by atoms with E-state index in [-0.39, 0.29) is 11.9 Å². The normalized spacial score (nSPS) is 10.8. The van der Waals surface area contributed by atoms with Crippen molar-refractivity contribution in [1.29, 1.82) is 0 Å². The topological polar surface area (TPSA) is 67.2 Å². The Labute approximate surface area is 141 Å². The van der Waals surface area contributed by atoms with Crippen LogP contribution in [0, 0.1) is 0 Å². The molecule has 3 aromatic carbocycles. The largest absolute Gasteiger partial charge is 0.397 e. The van der Waals surface area contributed by atoms with E-state index < -0.39 is 0 Å². The number of fused-ring (bicyclic) bond motifs is 1. The lowest BCUT2D eigenvalue weighted by molar-refractivity contribution is 0.0943. The van der Waals surface area contributed by atoms with E-state index in [1.54, 1.807) is 12.1 Å². The third-order valence-electron chi connectivity index (χ3n) is 3.79. The molecule has 0 radical (unpaired) electrons. The number of anilines is 3. The summed E-state index contributed by atoms with van der Waals surface area (Å²) in [5.74, 6) is -0.117. The summed E-state index contributed by atoms with van der Waals surface area (Å²) in [5, 5.41) is 8.52. The van der Waals surface area contributed by atoms with Crippen LogP contribution in [-0.2, 0) is 0 Å². The molecule has 3 rings (SSSR count). The van der Waals surface area contributed by atoms with E-state index in [0.717, 1.165) is 22.1 Å². The summed E-state index contributed by atoms with van der Waals surface area (Å²) in [6, 6.07) is 19.7. The highest BCUT2D eigenvalue weighted by Gasteiger charge is 2.10. The Kier molecular flexibility index (Phi) is 4.38. The summed E-state index contributed by atoms with van der Waals surface area (Å²) in [4.78, 5) is 12.1. The molecule has 4 heteroatoms. The highest BCUT2D eigenvalue weighted by molar-refractivity contribution is 5.98. The average Bonchev–Trinajstić information content (AvgIpc) is 2.56. The first kappa shape index (κ1) is 15.9. The van der Waals surface area contributed by atoms with E-state index in [9.17, 15) is 4.79 Å². The minimum Gasteiger partial charge on any atom is -0.397 e. The van der Waals surface area contributed by atoms with Gasteiger partial charge in [0.05, 0.1) is 11.4 Å². The Morgan fingerprint density at radius 3 is 2.46 bits per heavy atom. The van der Waals surface area contributed by atoms with Gasteiger partial charge >= 0.3 is 0 Å². The van der Waals surface area contributed by atoms with Crippen molar-refractivity contribution in [3.63, 3.8) is 0 Å². The summed E-state index contributed by atoms with van der Waals surface area (Å²) in [6.45, 7) is 3.86. The minimum atomic E-state index is -0.117. The first-order chi connectivity index (χ1) is 11.5. The number of carbonyl (C=O) groups is 1. The van der Waals surface area contributed by atoms with E-state index >= 15 is 0 Å². The molecule has 0 aliphatic heterocycles. The highest BCUT2D eigenvalue weighted by Crippen LogP contribution is 2.29. The van der Waals surface area contributed by atoms with Crippen molar-refractivity contribution in [2.45, 2.75) is 19.9 Å². The van der Waals surface area contributed by atoms with Gasteiger partial charge in [0.1, 0.15) is 0 Å². The molecule has 4 N–H and O–H groups in total. The van der Waals surface area contributed by atoms with E-state index in [1.165, 1.54) is 0 Å². The van der Waals surface area contributed by atoms with Gasteiger partial charge in [-0.15, -0.1) is 0 Å². The number of nitrogens with one attached hydrogen (secondary N) is 2. The maximum absolute atomic E-state index is 12.1. The van der Waals surface area contributed by atoms with Gasteiger partial charge in [0.25, 0.3) is 5.91 Å². The number of nitrogens with two attached hydrogens (primary N) is 1. The predicted molar refractivity (Wildman–Crippen MR) is 101 cm³/mol. The molecular weight excluding hydrogens is 298 g/mol. The zero-order chi connectivity index (χ0) is 17.1. The van der Waals surface area contributed by atoms with E-state index in [1.807, 2.05) is 44.2 Å². The highest BCUT2D eigenvalue weighted by atomic mass is 16.1. The average molecular weight is 319 g/mol. The van der Waals surface area contributed by atoms with Gasteiger partial charge < -0.3 is 16.4 Å². The second-order valence-electron chi connectivity index (χ2n) is 6.08. The first-order valence-corrected chi connectivity index (χ1v) is 8.00. The van der Waals surface area contributed by atoms with Gasteiger partial charge in [-0.3, -0.25) is 4.79 Å². The third kappa shape index (κ3) is 3.33. The van der Waals surface area contributed by atoms with Crippen LogP contribution in [0.25, 0.3) is 10.8 Å². The second-order valence-corrected chi connectivity index (χ2v) is 6.08. The SMILES string of the molecule is CC(C)NC(=O)c1ccc(Nc2cccc3ccccc23)c(N)c1. The number of benzene rings is 3. The third-order valence-corrected chi connectivity index (χ3v) is 3.79. The molecule has 0 spiro atoms. The van der Waals surface area contributed by atoms with Gasteiger partial charge in [0, 0.05) is 22.7 Å². The molecule has 0 aliphatic carbocycles. The molecule has 122 valence electrons. The van der Waals surface area contributed by atoms with Crippen LogP contribution in [0.1, 0.15) is 24.2 Å². The Balaban J connectivity index is 1.89. The van der Waals surface area contributed by atoms with E-state index in [0.29, 0.717) is 11.3 Å². The Hall–Kier alpha value is -3.01. The fraction of sp³-hybridized carbons (Fsp3) is 0.150. The predicted octanol–water partition coefficient (Wildman–Crippen LogP) is 4.30. The zero-order valence-corrected chi connectivity index (χ0v) is 13.8. The van der Waals surface area contributed by atoms with Gasteiger partial charge in [-0.25, -0.2) is 0 Å². The number of rotatable bonds is 4. The second kappa shape index (κ2) is 6.62. The smallest absolute Gasteiger partial charge is 0.251 e. The van der Waals surface area contributed by atoms with Crippen molar-refractivity contribution in [3.8, 4) is 0 Å². The van der Waals surface area contributed by atoms with Crippen molar-refractivity contribution >= 4 is 33.7 Å². The summed E-state index contributed by atoms with van der Waals surface area (Å²) in [7, 11) is 0. The maximum atomic E-state index is 12.1. The number of hydrogen-bond acceptors (Lipinski definition) is 3. The summed E-state index contributed by atoms with van der Waals surface area (Å²) >= 11 is 0. The number of nitrogen functional groups attached to an aromatic ring is 1. The van der Waals surface area contributed by atoms with Gasteiger partial charge in [-0.05, 0) is 43.5 Å². The molecular formula is C20H21N3O. The molecule has 0 unspecified atom stereocenters. The van der Waals surface area contributed by atoms with Crippen LogP contribution in [0.3, 0.4) is 0 Å². The Morgan fingerprint density at radius 1 is 0.958 bits per heavy atom. The number of hydrogen-bond donors (Lipinski definition) is 3. The van der Waals surface area contributed by atoms with Crippen LogP contribution < -0.4 is 16.4 Å². The standard InChI is InChI=1S/C20H21N3O/c1-13(2)22-20(24)15-10-11-19(17(21)12-15)23-18-9-5-7-14-6-3-4-8-16(14)18/h3-13,23H,21H2,1-2H3,(H,22,24). The van der Waals surface area contributed by atoms with Crippen molar-refractivity contribution in [3.05, 3.63) is 66.2 Å². The van der Waals surface area contributed by atoms with Gasteiger partial charge in [0.15, 0.2) is 0 Å². The van der Waals surface area contributed by atoms with Crippen LogP contribution in [0.5, 0.6) is 0 Å². The quantitative estimate of drug-likeness (QED) is 0.628. The van der Waals surface area contributed by atoms with Gasteiger partial charge in [0.2, 0.25) is 0 Å². The van der Waals surface area contributed by atoms with Crippen LogP contribution in [0.4, 0.5) is 17.1 Å². The molecule has 0 heterocycles. The van der Waals surface area contributed by atoms with Gasteiger partial charge in [-0.1, -0.05) is 36.4 Å². The molecule has 0 bridgehead atoms. The van der Waals surface area contributed by atoms with Crippen LogP contribution in [-0.4, -0.2) is 11.9 Å². The monoisotopic (exact) mass is 319 g/mol. The Bertz CT molecular complexity index is 882. The van der Waals surface area contributed by atoms with Crippen LogP contribution in [0.15, 0.2) is 60.7 Å². The molecule has 0 aromatic heterocycles. The summed E-state index contributed by atoms with van der Waals surface area (Å²) in [6.07, 6.45) is 0. The molecule has 0 aliphatic rings. The molecule has 1 amide bonds. The lowest BCUT2D eigenvalue weighted by Gasteiger charge is -2.14. The van der Waals surface area contributed by atoms with Crippen molar-refractivity contribution in [2.24, 2.45) is 0 Å². The fourth-order valence-electron chi connectivity index (χ4n) is 2.64. The van der Waals surface area contributed by atoms with Crippen molar-refractivity contribution < 1.29 is 4.79 Å². The lowest BCUT2D eigenvalue weighted by Crippen LogP contribution is -2.30. The minimum absolute atomic E-state index is 0.0900. The van der Waals surface area contributed by atoms with E-state index in [4.69, 9.17) is 5.73 Å². The number of carbonyl (C=O) groups excluding carboxylic acids is 1. The zero-order valence-electron chi connectivity index (χ0n) is 13.8. The summed E-state index contributed by atoms with van der Waals surface area (Å²) in [5.41, 5.74) is 9.01. The molecule has 0 saturated heterocycles. The van der Waals surface area contributed by atoms with Crippen LogP contribution in [0.2, 0.25) is 0 Å². The molecule has 0 atom stereocenters. The van der Waals surface area contributed by atoms with Crippen LogP contribution >= 0.6 is 0 Å². The molecule has 3 aromatic rings. The fourth-order valence-corrected chi connectivity index (χ4v) is 2.64. The van der Waals surface area contributed by atoms with Crippen molar-refractivity contribution in [1.82, 2.24) is 5.32 Å². The summed E-state index contributed by atoms with van der Waals surface area (Å²) < 4.78 is 0. The lowest BCUT2D eigenvalue weighted by atomic mass is 10.1. The molecule has 0 fully saturated rings. The molecule has 0 saturated carbocycles. The molecule has 4 nitrogen and oxygen atoms in total. The first-order valence-electron chi connectivity index (χ1n) is 8.00. The van der Waals surface area contributed by atoms with Crippen molar-refractivity contribution in [2.75, 3.05) is 11.1 Å². The molecule has 24 heavy (non-hydrogen) atoms.